The summed E-state index contributed by atoms with van der Waals surface area (Å²) < 4.78 is 0. The second-order valence-electron chi connectivity index (χ2n) is 4.95. The number of hydrazone groups is 1. The zero-order chi connectivity index (χ0) is 14.1. The summed E-state index contributed by atoms with van der Waals surface area (Å²) in [6.07, 6.45) is 0.735. The molecule has 0 radical (unpaired) electrons. The van der Waals surface area contributed by atoms with E-state index in [1.807, 2.05) is 30.3 Å². The van der Waals surface area contributed by atoms with E-state index in [1.165, 1.54) is 11.6 Å². The number of rotatable bonds is 2. The van der Waals surface area contributed by atoms with Crippen LogP contribution in [-0.4, -0.2) is 28.0 Å². The van der Waals surface area contributed by atoms with Gasteiger partial charge in [0, 0.05) is 25.1 Å². The maximum Gasteiger partial charge on any atom is 0.128 e. The van der Waals surface area contributed by atoms with Crippen LogP contribution in [0.15, 0.2) is 53.6 Å². The predicted octanol–water partition coefficient (Wildman–Crippen LogP) is 2.88. The summed E-state index contributed by atoms with van der Waals surface area (Å²) >= 11 is 0. The van der Waals surface area contributed by atoms with Gasteiger partial charge in [-0.3, -0.25) is 5.01 Å². The third-order valence-corrected chi connectivity index (χ3v) is 3.59. The van der Waals surface area contributed by atoms with Crippen molar-refractivity contribution in [3.63, 3.8) is 0 Å². The molecule has 0 aliphatic carbocycles. The van der Waals surface area contributed by atoms with Crippen molar-refractivity contribution in [2.75, 3.05) is 7.05 Å². The molecule has 0 spiro atoms. The molecule has 1 unspecified atom stereocenters. The van der Waals surface area contributed by atoms with Gasteiger partial charge in [-0.1, -0.05) is 30.3 Å². The maximum atomic E-state index is 9.94. The Morgan fingerprint density at radius 3 is 2.55 bits per heavy atom. The van der Waals surface area contributed by atoms with Crippen molar-refractivity contribution < 1.29 is 10.2 Å². The van der Waals surface area contributed by atoms with E-state index in [0.29, 0.717) is 5.56 Å². The van der Waals surface area contributed by atoms with Crippen LogP contribution in [0.25, 0.3) is 0 Å². The number of phenolic OH excluding ortho intramolecular Hbond substituents is 2. The summed E-state index contributed by atoms with van der Waals surface area (Å²) in [5.41, 5.74) is 2.71. The van der Waals surface area contributed by atoms with E-state index in [1.54, 1.807) is 12.1 Å². The molecule has 102 valence electrons. The maximum absolute atomic E-state index is 9.94. The smallest absolute Gasteiger partial charge is 0.128 e. The van der Waals surface area contributed by atoms with Crippen molar-refractivity contribution in [3.05, 3.63) is 59.7 Å². The number of hydrogen-bond acceptors (Lipinski definition) is 4. The molecule has 2 N–H and O–H groups in total. The van der Waals surface area contributed by atoms with Crippen LogP contribution >= 0.6 is 0 Å². The van der Waals surface area contributed by atoms with Crippen LogP contribution in [0.3, 0.4) is 0 Å². The second-order valence-corrected chi connectivity index (χ2v) is 4.95. The normalized spacial score (nSPS) is 18.1. The van der Waals surface area contributed by atoms with Crippen molar-refractivity contribution in [1.29, 1.82) is 0 Å². The molecule has 1 aliphatic heterocycles. The van der Waals surface area contributed by atoms with E-state index < -0.39 is 0 Å². The fourth-order valence-corrected chi connectivity index (χ4v) is 2.55. The topological polar surface area (TPSA) is 56.1 Å². The fourth-order valence-electron chi connectivity index (χ4n) is 2.55. The van der Waals surface area contributed by atoms with Gasteiger partial charge in [-0.05, 0) is 17.7 Å². The lowest BCUT2D eigenvalue weighted by atomic mass is 9.98. The summed E-state index contributed by atoms with van der Waals surface area (Å²) in [7, 11) is 1.93. The minimum atomic E-state index is 0.0535. The Labute approximate surface area is 117 Å². The molecule has 1 aliphatic rings. The van der Waals surface area contributed by atoms with E-state index >= 15 is 0 Å². The zero-order valence-electron chi connectivity index (χ0n) is 11.2. The monoisotopic (exact) mass is 268 g/mol. The molecule has 20 heavy (non-hydrogen) atoms. The first-order valence-electron chi connectivity index (χ1n) is 6.53. The molecule has 2 aromatic carbocycles. The van der Waals surface area contributed by atoms with Crippen molar-refractivity contribution >= 4 is 5.71 Å². The SMILES string of the molecule is CN1N=C(c2ccc(O)cc2O)CC1c1ccccc1. The predicted molar refractivity (Wildman–Crippen MR) is 77.9 cm³/mol. The molecular weight excluding hydrogens is 252 g/mol. The number of nitrogens with zero attached hydrogens (tertiary/aromatic N) is 2. The summed E-state index contributed by atoms with van der Waals surface area (Å²) in [6, 6.07) is 15.0. The van der Waals surface area contributed by atoms with Gasteiger partial charge < -0.3 is 10.2 Å². The molecule has 4 nitrogen and oxygen atoms in total. The summed E-state index contributed by atoms with van der Waals surface area (Å²) in [5.74, 6) is 0.115. The number of benzene rings is 2. The average molecular weight is 268 g/mol. The third-order valence-electron chi connectivity index (χ3n) is 3.59. The van der Waals surface area contributed by atoms with Crippen molar-refractivity contribution in [2.45, 2.75) is 12.5 Å². The highest BCUT2D eigenvalue weighted by atomic mass is 16.3. The largest absolute Gasteiger partial charge is 0.508 e. The Bertz CT molecular complexity index is 653. The van der Waals surface area contributed by atoms with Gasteiger partial charge in [-0.15, -0.1) is 0 Å². The van der Waals surface area contributed by atoms with Crippen LogP contribution in [0.5, 0.6) is 11.5 Å². The van der Waals surface area contributed by atoms with Crippen molar-refractivity contribution in [2.24, 2.45) is 5.10 Å². The highest BCUT2D eigenvalue weighted by Crippen LogP contribution is 2.34. The molecule has 1 heterocycles. The first kappa shape index (κ1) is 12.5. The molecule has 0 saturated heterocycles. The average Bonchev–Trinajstić information content (AvgIpc) is 2.81. The summed E-state index contributed by atoms with van der Waals surface area (Å²) in [5, 5.41) is 25.7. The van der Waals surface area contributed by atoms with Crippen LogP contribution in [-0.2, 0) is 0 Å². The Hall–Kier alpha value is -2.49. The van der Waals surface area contributed by atoms with Gasteiger partial charge in [0.05, 0.1) is 11.8 Å². The molecule has 3 rings (SSSR count). The first-order valence-corrected chi connectivity index (χ1v) is 6.53. The molecule has 0 bridgehead atoms. The Balaban J connectivity index is 1.89. The molecule has 0 amide bonds. The Morgan fingerprint density at radius 1 is 1.10 bits per heavy atom. The number of phenols is 2. The van der Waals surface area contributed by atoms with Gasteiger partial charge in [-0.25, -0.2) is 0 Å². The molecule has 0 saturated carbocycles. The number of aromatic hydroxyl groups is 2. The second kappa shape index (κ2) is 4.89. The summed E-state index contributed by atoms with van der Waals surface area (Å²) in [4.78, 5) is 0. The fraction of sp³-hybridized carbons (Fsp3) is 0.188. The molecular formula is C16H16N2O2. The van der Waals surface area contributed by atoms with Crippen LogP contribution in [0.2, 0.25) is 0 Å². The lowest BCUT2D eigenvalue weighted by Gasteiger charge is -2.18. The van der Waals surface area contributed by atoms with Gasteiger partial charge in [0.25, 0.3) is 0 Å². The standard InChI is InChI=1S/C16H16N2O2/c1-18-15(11-5-3-2-4-6-11)10-14(17-18)13-8-7-12(19)9-16(13)20/h2-9,15,19-20H,10H2,1H3. The van der Waals surface area contributed by atoms with Crippen LogP contribution in [0.4, 0.5) is 0 Å². The van der Waals surface area contributed by atoms with Crippen molar-refractivity contribution in [1.82, 2.24) is 5.01 Å². The summed E-state index contributed by atoms with van der Waals surface area (Å²) in [6.45, 7) is 0. The minimum Gasteiger partial charge on any atom is -0.508 e. The Kier molecular flexibility index (Phi) is 3.06. The first-order chi connectivity index (χ1) is 9.65. The van der Waals surface area contributed by atoms with Gasteiger partial charge in [0.15, 0.2) is 0 Å². The van der Waals surface area contributed by atoms with E-state index in [2.05, 4.69) is 17.2 Å². The van der Waals surface area contributed by atoms with E-state index in [0.717, 1.165) is 12.1 Å². The van der Waals surface area contributed by atoms with Crippen molar-refractivity contribution in [3.8, 4) is 11.5 Å². The van der Waals surface area contributed by atoms with Gasteiger partial charge in [0.2, 0.25) is 0 Å². The molecule has 2 aromatic rings. The minimum absolute atomic E-state index is 0.0535. The highest BCUT2D eigenvalue weighted by Gasteiger charge is 2.27. The third kappa shape index (κ3) is 2.20. The highest BCUT2D eigenvalue weighted by molar-refractivity contribution is 6.04. The lowest BCUT2D eigenvalue weighted by Crippen LogP contribution is -2.13. The Morgan fingerprint density at radius 2 is 1.85 bits per heavy atom. The van der Waals surface area contributed by atoms with Gasteiger partial charge in [-0.2, -0.15) is 5.10 Å². The number of hydrogen-bond donors (Lipinski definition) is 2. The quantitative estimate of drug-likeness (QED) is 0.880. The molecule has 4 heteroatoms. The van der Waals surface area contributed by atoms with Crippen LogP contribution < -0.4 is 0 Å². The van der Waals surface area contributed by atoms with Crippen LogP contribution in [0.1, 0.15) is 23.6 Å². The van der Waals surface area contributed by atoms with E-state index in [-0.39, 0.29) is 17.5 Å². The van der Waals surface area contributed by atoms with E-state index in [9.17, 15) is 10.2 Å². The molecule has 1 atom stereocenters. The van der Waals surface area contributed by atoms with Crippen LogP contribution in [0, 0.1) is 0 Å². The van der Waals surface area contributed by atoms with Gasteiger partial charge >= 0.3 is 0 Å². The van der Waals surface area contributed by atoms with E-state index in [4.69, 9.17) is 0 Å². The lowest BCUT2D eigenvalue weighted by molar-refractivity contribution is 0.290. The molecule has 0 fully saturated rings. The zero-order valence-corrected chi connectivity index (χ0v) is 11.2. The van der Waals surface area contributed by atoms with Gasteiger partial charge in [0.1, 0.15) is 11.5 Å². The molecule has 0 aromatic heterocycles.